The van der Waals surface area contributed by atoms with Gasteiger partial charge in [0.25, 0.3) is 5.91 Å². The molecule has 43 heavy (non-hydrogen) atoms. The number of hydrazine groups is 1. The van der Waals surface area contributed by atoms with Gasteiger partial charge in [-0.2, -0.15) is 13.2 Å². The van der Waals surface area contributed by atoms with Gasteiger partial charge < -0.3 is 16.0 Å². The minimum absolute atomic E-state index is 0.0237. The third kappa shape index (κ3) is 8.63. The molecule has 0 spiro atoms. The molecule has 1 saturated heterocycles. The number of fused-ring (bicyclic) bond motifs is 1. The lowest BCUT2D eigenvalue weighted by Gasteiger charge is -2.36. The summed E-state index contributed by atoms with van der Waals surface area (Å²) in [5.74, 6) is -2.75. The van der Waals surface area contributed by atoms with E-state index in [9.17, 15) is 32.3 Å². The lowest BCUT2D eigenvalue weighted by Crippen LogP contribution is -2.62. The second-order valence-electron chi connectivity index (χ2n) is 10.7. The number of pyridine rings is 1. The number of nitrogens with zero attached hydrogens (tertiary/aromatic N) is 2. The fourth-order valence-corrected chi connectivity index (χ4v) is 4.70. The highest BCUT2D eigenvalue weighted by molar-refractivity contribution is 5.92. The van der Waals surface area contributed by atoms with E-state index in [0.29, 0.717) is 22.9 Å². The molecule has 4 N–H and O–H groups in total. The van der Waals surface area contributed by atoms with Crippen LogP contribution in [0.25, 0.3) is 16.8 Å². The number of aromatic nitrogens is 1. The molecular weight excluding hydrogens is 565 g/mol. The van der Waals surface area contributed by atoms with Crippen LogP contribution in [0.4, 0.5) is 13.2 Å². The number of carbonyl (C=O) groups is 4. The van der Waals surface area contributed by atoms with Gasteiger partial charge in [-0.3, -0.25) is 29.2 Å². The molecular formula is C30H37F3N6O4. The zero-order chi connectivity index (χ0) is 31.9. The molecule has 0 radical (unpaired) electrons. The first-order valence-corrected chi connectivity index (χ1v) is 13.9. The molecule has 1 aromatic carbocycles. The Kier molecular flexibility index (Phi) is 11.0. The van der Waals surface area contributed by atoms with E-state index in [1.807, 2.05) is 0 Å². The van der Waals surface area contributed by atoms with E-state index in [0.717, 1.165) is 5.01 Å². The maximum absolute atomic E-state index is 14.2. The molecule has 1 aromatic heterocycles. The van der Waals surface area contributed by atoms with Crippen molar-refractivity contribution in [3.8, 4) is 0 Å². The maximum Gasteiger partial charge on any atom is 0.412 e. The number of benzene rings is 1. The first-order chi connectivity index (χ1) is 20.2. The maximum atomic E-state index is 14.2. The predicted molar refractivity (Wildman–Crippen MR) is 156 cm³/mol. The Labute approximate surface area is 248 Å². The van der Waals surface area contributed by atoms with Crippen LogP contribution in [-0.2, 0) is 19.2 Å². The number of hydrogen-bond donors (Lipinski definition) is 4. The van der Waals surface area contributed by atoms with Gasteiger partial charge in [-0.15, -0.1) is 6.58 Å². The lowest BCUT2D eigenvalue weighted by molar-refractivity contribution is -0.165. The van der Waals surface area contributed by atoms with E-state index in [1.165, 1.54) is 43.5 Å². The van der Waals surface area contributed by atoms with Gasteiger partial charge in [0.15, 0.2) is 6.04 Å². The van der Waals surface area contributed by atoms with Crippen LogP contribution in [0, 0.1) is 5.92 Å². The fraction of sp³-hybridized carbons (Fsp3) is 0.433. The topological polar surface area (TPSA) is 133 Å². The first kappa shape index (κ1) is 33.2. The van der Waals surface area contributed by atoms with Crippen molar-refractivity contribution in [2.24, 2.45) is 5.92 Å². The highest BCUT2D eigenvalue weighted by atomic mass is 19.4. The Morgan fingerprint density at radius 3 is 2.44 bits per heavy atom. The Hall–Kier alpha value is -4.26. The van der Waals surface area contributed by atoms with Gasteiger partial charge in [-0.1, -0.05) is 38.6 Å². The van der Waals surface area contributed by atoms with E-state index in [4.69, 9.17) is 0 Å². The monoisotopic (exact) mass is 602 g/mol. The van der Waals surface area contributed by atoms with E-state index < -0.39 is 54.0 Å². The Morgan fingerprint density at radius 2 is 1.81 bits per heavy atom. The smallest absolute Gasteiger partial charge is 0.344 e. The average Bonchev–Trinajstić information content (AvgIpc) is 2.96. The number of amides is 4. The molecule has 0 aliphatic carbocycles. The zero-order valence-corrected chi connectivity index (χ0v) is 24.3. The Bertz CT molecular complexity index is 1380. The van der Waals surface area contributed by atoms with Crippen molar-refractivity contribution in [1.29, 1.82) is 0 Å². The van der Waals surface area contributed by atoms with Crippen molar-refractivity contribution in [3.63, 3.8) is 0 Å². The summed E-state index contributed by atoms with van der Waals surface area (Å²) in [5, 5.41) is 9.54. The Morgan fingerprint density at radius 1 is 1.09 bits per heavy atom. The van der Waals surface area contributed by atoms with E-state index >= 15 is 0 Å². The molecule has 1 aliphatic heterocycles. The van der Waals surface area contributed by atoms with Crippen LogP contribution in [0.2, 0.25) is 0 Å². The van der Waals surface area contributed by atoms with Crippen LogP contribution >= 0.6 is 0 Å². The summed E-state index contributed by atoms with van der Waals surface area (Å²) in [5.41, 5.74) is 3.05. The van der Waals surface area contributed by atoms with Crippen LogP contribution in [0.15, 0.2) is 49.7 Å². The highest BCUT2D eigenvalue weighted by Gasteiger charge is 2.43. The summed E-state index contributed by atoms with van der Waals surface area (Å²) < 4.78 is 42.5. The van der Waals surface area contributed by atoms with Gasteiger partial charge in [-0.05, 0) is 54.8 Å². The molecule has 4 atom stereocenters. The summed E-state index contributed by atoms with van der Waals surface area (Å²) in [6.45, 7) is 12.2. The molecule has 4 unspecified atom stereocenters. The van der Waals surface area contributed by atoms with Crippen LogP contribution < -0.4 is 21.4 Å². The molecule has 4 amide bonds. The number of hydrogen-bond acceptors (Lipinski definition) is 6. The molecule has 2 heterocycles. The van der Waals surface area contributed by atoms with Gasteiger partial charge in [0, 0.05) is 24.5 Å². The van der Waals surface area contributed by atoms with E-state index in [-0.39, 0.29) is 30.9 Å². The van der Waals surface area contributed by atoms with Crippen LogP contribution in [0.5, 0.6) is 0 Å². The van der Waals surface area contributed by atoms with Gasteiger partial charge in [-0.25, -0.2) is 5.43 Å². The third-order valence-electron chi connectivity index (χ3n) is 7.02. The first-order valence-electron chi connectivity index (χ1n) is 13.9. The minimum atomic E-state index is -4.80. The number of nitrogens with one attached hydrogen (secondary N) is 4. The molecule has 3 rings (SSSR count). The second kappa shape index (κ2) is 14.3. The van der Waals surface area contributed by atoms with Gasteiger partial charge in [0.05, 0.1) is 5.69 Å². The molecule has 2 aromatic rings. The number of alkyl halides is 3. The van der Waals surface area contributed by atoms with Gasteiger partial charge in [0.2, 0.25) is 17.7 Å². The third-order valence-corrected chi connectivity index (χ3v) is 7.02. The number of carbonyl (C=O) groups excluding carboxylic acids is 4. The van der Waals surface area contributed by atoms with Crippen molar-refractivity contribution < 1.29 is 32.3 Å². The van der Waals surface area contributed by atoms with Crippen LogP contribution in [0.3, 0.4) is 0 Å². The molecule has 0 bridgehead atoms. The number of halogens is 3. The molecule has 232 valence electrons. The Balaban J connectivity index is 1.69. The summed E-state index contributed by atoms with van der Waals surface area (Å²) in [7, 11) is 0. The van der Waals surface area contributed by atoms with Crippen molar-refractivity contribution in [2.75, 3.05) is 6.54 Å². The van der Waals surface area contributed by atoms with Gasteiger partial charge in [0.1, 0.15) is 18.1 Å². The van der Waals surface area contributed by atoms with Crippen LogP contribution in [-0.4, -0.2) is 64.5 Å². The fourth-order valence-electron chi connectivity index (χ4n) is 4.70. The van der Waals surface area contributed by atoms with Crippen molar-refractivity contribution in [3.05, 3.63) is 61.0 Å². The SMILES string of the molecule is C=CCC(=O)NC(C(=O)NC(C)C(=O)N1CCCC(C(=O)NC(c2ccc3cnc(C=C)cc3c2)C(F)(F)F)N1)C(C)C. The zero-order valence-electron chi connectivity index (χ0n) is 24.3. The molecule has 0 saturated carbocycles. The highest BCUT2D eigenvalue weighted by Crippen LogP contribution is 2.34. The van der Waals surface area contributed by atoms with Gasteiger partial charge >= 0.3 is 6.18 Å². The standard InChI is InChI=1S/C30H37F3N6O4/c1-6-9-24(40)36-25(17(3)4)28(42)35-18(5)29(43)39-13-8-10-23(38-39)27(41)37-26(30(31,32)33)19-11-12-20-16-34-22(7-2)15-21(20)14-19/h6-7,11-12,14-18,23,25-26,38H,1-2,8-10,13H2,3-5H3,(H,35,42)(H,36,40)(H,37,41). The summed E-state index contributed by atoms with van der Waals surface area (Å²) in [4.78, 5) is 55.2. The normalized spacial score (nSPS) is 17.5. The minimum Gasteiger partial charge on any atom is -0.344 e. The van der Waals surface area contributed by atoms with Crippen molar-refractivity contribution in [2.45, 2.75) is 70.4 Å². The van der Waals surface area contributed by atoms with Crippen molar-refractivity contribution >= 4 is 40.5 Å². The predicted octanol–water partition coefficient (Wildman–Crippen LogP) is 3.31. The largest absolute Gasteiger partial charge is 0.412 e. The summed E-state index contributed by atoms with van der Waals surface area (Å²) in [6, 6.07) is 0.379. The quantitative estimate of drug-likeness (QED) is 0.292. The lowest BCUT2D eigenvalue weighted by atomic mass is 10.0. The molecule has 13 heteroatoms. The molecule has 10 nitrogen and oxygen atoms in total. The summed E-state index contributed by atoms with van der Waals surface area (Å²) in [6.07, 6.45) is 0.172. The average molecular weight is 603 g/mol. The summed E-state index contributed by atoms with van der Waals surface area (Å²) >= 11 is 0. The van der Waals surface area contributed by atoms with E-state index in [2.05, 4.69) is 39.5 Å². The molecule has 1 aliphatic rings. The van der Waals surface area contributed by atoms with Crippen LogP contribution in [0.1, 0.15) is 57.3 Å². The van der Waals surface area contributed by atoms with E-state index in [1.54, 1.807) is 19.9 Å². The van der Waals surface area contributed by atoms with Crippen molar-refractivity contribution in [1.82, 2.24) is 31.4 Å². The second-order valence-corrected chi connectivity index (χ2v) is 10.7. The molecule has 1 fully saturated rings. The number of rotatable bonds is 11.